The maximum Gasteiger partial charge on any atom is 0.226 e. The minimum absolute atomic E-state index is 0.640. The van der Waals surface area contributed by atoms with Gasteiger partial charge in [0.15, 0.2) is 0 Å². The predicted molar refractivity (Wildman–Crippen MR) is 97.6 cm³/mol. The van der Waals surface area contributed by atoms with Crippen molar-refractivity contribution in [3.63, 3.8) is 0 Å². The molecule has 0 spiro atoms. The average molecular weight is 362 g/mol. The minimum atomic E-state index is 0.640. The van der Waals surface area contributed by atoms with Crippen LogP contribution in [0.3, 0.4) is 0 Å². The molecule has 1 aromatic carbocycles. The molecule has 0 saturated carbocycles. The van der Waals surface area contributed by atoms with Gasteiger partial charge in [-0.1, -0.05) is 17.7 Å². The Hall–Kier alpha value is -1.40. The van der Waals surface area contributed by atoms with E-state index in [1.165, 1.54) is 13.0 Å². The van der Waals surface area contributed by atoms with E-state index >= 15 is 0 Å². The fourth-order valence-corrected chi connectivity index (χ4v) is 3.91. The first-order valence-corrected chi connectivity index (χ1v) is 9.37. The Kier molecular flexibility index (Phi) is 5.36. The van der Waals surface area contributed by atoms with Gasteiger partial charge in [0.25, 0.3) is 0 Å². The number of halogens is 1. The summed E-state index contributed by atoms with van der Waals surface area (Å²) in [5.74, 6) is 1.39. The van der Waals surface area contributed by atoms with Gasteiger partial charge in [0.2, 0.25) is 5.89 Å². The quantitative estimate of drug-likeness (QED) is 0.818. The number of hydrogen-bond donors (Lipinski definition) is 0. The molecule has 134 valence electrons. The molecule has 1 aromatic heterocycles. The van der Waals surface area contributed by atoms with Crippen LogP contribution >= 0.6 is 11.6 Å². The van der Waals surface area contributed by atoms with Gasteiger partial charge < -0.3 is 9.15 Å². The van der Waals surface area contributed by atoms with Crippen molar-refractivity contribution < 1.29 is 9.15 Å². The molecule has 0 radical (unpaired) electrons. The topological polar surface area (TPSA) is 41.7 Å². The third-order valence-corrected chi connectivity index (χ3v) is 5.23. The van der Waals surface area contributed by atoms with Crippen molar-refractivity contribution in [1.82, 2.24) is 14.8 Å². The zero-order chi connectivity index (χ0) is 17.1. The summed E-state index contributed by atoms with van der Waals surface area (Å²) in [5, 5.41) is 0.697. The molecule has 1 atom stereocenters. The van der Waals surface area contributed by atoms with E-state index in [0.717, 1.165) is 63.1 Å². The van der Waals surface area contributed by atoms with Gasteiger partial charge in [-0.25, -0.2) is 4.98 Å². The predicted octanol–water partition coefficient (Wildman–Crippen LogP) is 3.15. The summed E-state index contributed by atoms with van der Waals surface area (Å²) in [6, 6.07) is 7.62. The Labute approximate surface area is 153 Å². The lowest BCUT2D eigenvalue weighted by atomic mass is 10.1. The van der Waals surface area contributed by atoms with Gasteiger partial charge in [-0.05, 0) is 37.1 Å². The number of ether oxygens (including phenoxy) is 1. The van der Waals surface area contributed by atoms with Crippen molar-refractivity contribution >= 4 is 11.6 Å². The zero-order valence-corrected chi connectivity index (χ0v) is 15.1. The summed E-state index contributed by atoms with van der Waals surface area (Å²) in [7, 11) is 0. The van der Waals surface area contributed by atoms with Gasteiger partial charge >= 0.3 is 0 Å². The lowest BCUT2D eigenvalue weighted by Gasteiger charge is -2.29. The Morgan fingerprint density at radius 2 is 2.04 bits per heavy atom. The standard InChI is InChI=1S/C19H24ClN3O2/c20-17-3-1-2-16(10-17)19-21-18(14-25-19)13-23-5-4-15(12-23)11-22-6-8-24-9-7-22/h1-3,10,14-15H,4-9,11-13H2. The van der Waals surface area contributed by atoms with E-state index in [4.69, 9.17) is 20.8 Å². The molecule has 6 heteroatoms. The van der Waals surface area contributed by atoms with Gasteiger partial charge in [0, 0.05) is 43.3 Å². The smallest absolute Gasteiger partial charge is 0.226 e. The minimum Gasteiger partial charge on any atom is -0.444 e. The number of nitrogens with zero attached hydrogens (tertiary/aromatic N) is 3. The number of likely N-dealkylation sites (tertiary alicyclic amines) is 1. The van der Waals surface area contributed by atoms with E-state index in [1.807, 2.05) is 24.3 Å². The SMILES string of the molecule is Clc1cccc(-c2nc(CN3CCC(CN4CCOCC4)C3)co2)c1. The Balaban J connectivity index is 1.31. The van der Waals surface area contributed by atoms with Crippen LogP contribution in [-0.2, 0) is 11.3 Å². The van der Waals surface area contributed by atoms with E-state index in [9.17, 15) is 0 Å². The molecule has 3 heterocycles. The van der Waals surface area contributed by atoms with Crippen molar-refractivity contribution in [2.75, 3.05) is 45.9 Å². The molecule has 0 N–H and O–H groups in total. The fourth-order valence-electron chi connectivity index (χ4n) is 3.72. The molecule has 25 heavy (non-hydrogen) atoms. The summed E-state index contributed by atoms with van der Waals surface area (Å²) in [5.41, 5.74) is 1.91. The van der Waals surface area contributed by atoms with Crippen molar-refractivity contribution in [1.29, 1.82) is 0 Å². The molecule has 0 amide bonds. The maximum absolute atomic E-state index is 6.05. The van der Waals surface area contributed by atoms with E-state index in [2.05, 4.69) is 14.8 Å². The second-order valence-corrected chi connectivity index (χ2v) is 7.39. The van der Waals surface area contributed by atoms with Gasteiger partial charge in [-0.2, -0.15) is 0 Å². The normalized spacial score (nSPS) is 22.5. The average Bonchev–Trinajstić information content (AvgIpc) is 3.26. The molecule has 0 aliphatic carbocycles. The highest BCUT2D eigenvalue weighted by Crippen LogP contribution is 2.24. The van der Waals surface area contributed by atoms with E-state index in [0.29, 0.717) is 10.9 Å². The van der Waals surface area contributed by atoms with E-state index in [1.54, 1.807) is 6.26 Å². The second-order valence-electron chi connectivity index (χ2n) is 6.96. The first-order chi connectivity index (χ1) is 12.3. The van der Waals surface area contributed by atoms with Crippen molar-refractivity contribution in [3.05, 3.63) is 41.2 Å². The van der Waals surface area contributed by atoms with Crippen LogP contribution in [0.4, 0.5) is 0 Å². The maximum atomic E-state index is 6.05. The molecule has 4 rings (SSSR count). The highest BCUT2D eigenvalue weighted by atomic mass is 35.5. The summed E-state index contributed by atoms with van der Waals surface area (Å²) in [4.78, 5) is 9.64. The Morgan fingerprint density at radius 1 is 1.16 bits per heavy atom. The second kappa shape index (κ2) is 7.87. The monoisotopic (exact) mass is 361 g/mol. The first-order valence-electron chi connectivity index (χ1n) is 8.99. The molecule has 2 saturated heterocycles. The summed E-state index contributed by atoms with van der Waals surface area (Å²) in [6.07, 6.45) is 3.03. The highest BCUT2D eigenvalue weighted by molar-refractivity contribution is 6.30. The third kappa shape index (κ3) is 4.42. The zero-order valence-electron chi connectivity index (χ0n) is 14.4. The summed E-state index contributed by atoms with van der Waals surface area (Å²) < 4.78 is 11.1. The lowest BCUT2D eigenvalue weighted by molar-refractivity contribution is 0.0311. The summed E-state index contributed by atoms with van der Waals surface area (Å²) in [6.45, 7) is 8.20. The van der Waals surface area contributed by atoms with E-state index in [-0.39, 0.29) is 0 Å². The number of hydrogen-bond acceptors (Lipinski definition) is 5. The van der Waals surface area contributed by atoms with Crippen LogP contribution < -0.4 is 0 Å². The molecule has 2 aliphatic rings. The van der Waals surface area contributed by atoms with Gasteiger partial charge in [0.05, 0.1) is 18.9 Å². The van der Waals surface area contributed by atoms with Crippen molar-refractivity contribution in [2.24, 2.45) is 5.92 Å². The molecule has 2 fully saturated rings. The van der Waals surface area contributed by atoms with Gasteiger partial charge in [-0.3, -0.25) is 9.80 Å². The lowest BCUT2D eigenvalue weighted by Crippen LogP contribution is -2.39. The first kappa shape index (κ1) is 17.0. The Morgan fingerprint density at radius 3 is 2.88 bits per heavy atom. The van der Waals surface area contributed by atoms with Crippen LogP contribution in [0.2, 0.25) is 5.02 Å². The van der Waals surface area contributed by atoms with Gasteiger partial charge in [-0.15, -0.1) is 0 Å². The fraction of sp³-hybridized carbons (Fsp3) is 0.526. The molecule has 2 aromatic rings. The number of rotatable bonds is 5. The summed E-state index contributed by atoms with van der Waals surface area (Å²) >= 11 is 6.05. The van der Waals surface area contributed by atoms with Gasteiger partial charge in [0.1, 0.15) is 6.26 Å². The van der Waals surface area contributed by atoms with Crippen LogP contribution in [0.15, 0.2) is 34.9 Å². The number of aromatic nitrogens is 1. The van der Waals surface area contributed by atoms with Crippen LogP contribution in [0.5, 0.6) is 0 Å². The van der Waals surface area contributed by atoms with E-state index < -0.39 is 0 Å². The molecule has 2 aliphatic heterocycles. The molecular formula is C19H24ClN3O2. The van der Waals surface area contributed by atoms with Crippen LogP contribution in [-0.4, -0.2) is 60.7 Å². The molecule has 5 nitrogen and oxygen atoms in total. The Bertz CT molecular complexity index is 699. The van der Waals surface area contributed by atoms with Crippen LogP contribution in [0, 0.1) is 5.92 Å². The number of benzene rings is 1. The molecule has 0 bridgehead atoms. The van der Waals surface area contributed by atoms with Crippen LogP contribution in [0.25, 0.3) is 11.5 Å². The number of morpholine rings is 1. The van der Waals surface area contributed by atoms with Crippen LogP contribution in [0.1, 0.15) is 12.1 Å². The molecule has 1 unspecified atom stereocenters. The largest absolute Gasteiger partial charge is 0.444 e. The third-order valence-electron chi connectivity index (χ3n) is 5.00. The van der Waals surface area contributed by atoms with Crippen molar-refractivity contribution in [3.8, 4) is 11.5 Å². The highest BCUT2D eigenvalue weighted by Gasteiger charge is 2.25. The number of oxazole rings is 1. The van der Waals surface area contributed by atoms with Crippen molar-refractivity contribution in [2.45, 2.75) is 13.0 Å². The molecular weight excluding hydrogens is 338 g/mol.